The summed E-state index contributed by atoms with van der Waals surface area (Å²) in [5.74, 6) is -2.70. The van der Waals surface area contributed by atoms with Gasteiger partial charge in [0.25, 0.3) is 0 Å². The third-order valence-electron chi connectivity index (χ3n) is 7.03. The third-order valence-corrected chi connectivity index (χ3v) is 7.03. The monoisotopic (exact) mass is 577 g/mol. The smallest absolute Gasteiger partial charge is 0.326 e. The van der Waals surface area contributed by atoms with Gasteiger partial charge in [0.05, 0.1) is 6.04 Å². The molecule has 2 aromatic carbocycles. The van der Waals surface area contributed by atoms with Crippen molar-refractivity contribution in [2.75, 3.05) is 0 Å². The topological polar surface area (TPSA) is 166 Å². The van der Waals surface area contributed by atoms with Gasteiger partial charge in [-0.25, -0.2) is 4.79 Å². The SMILES string of the molecule is CC(C)CC(NC(=O)C(Cc1c[nH]c2ccccc12)NC(=O)C(CC(C)C)NC(=O)C(N)Cc1ccccc1)C(=O)O. The predicted octanol–water partition coefficient (Wildman–Crippen LogP) is 2.91. The fraction of sp³-hybridized carbons (Fsp3) is 0.438. The average molecular weight is 578 g/mol. The maximum Gasteiger partial charge on any atom is 0.326 e. The molecule has 0 aliphatic rings. The molecule has 7 N–H and O–H groups in total. The van der Waals surface area contributed by atoms with Crippen molar-refractivity contribution in [3.8, 4) is 0 Å². The van der Waals surface area contributed by atoms with Crippen LogP contribution in [0.15, 0.2) is 60.8 Å². The number of carboxylic acids is 1. The average Bonchev–Trinajstić information content (AvgIpc) is 3.34. The maximum absolute atomic E-state index is 13.6. The van der Waals surface area contributed by atoms with E-state index in [9.17, 15) is 24.3 Å². The highest BCUT2D eigenvalue weighted by molar-refractivity contribution is 5.95. The van der Waals surface area contributed by atoms with Crippen LogP contribution in [0.1, 0.15) is 51.7 Å². The molecule has 0 aliphatic carbocycles. The largest absolute Gasteiger partial charge is 0.480 e. The van der Waals surface area contributed by atoms with Crippen LogP contribution in [0.4, 0.5) is 0 Å². The molecule has 1 heterocycles. The molecular formula is C32H43N5O5. The van der Waals surface area contributed by atoms with Crippen LogP contribution in [0, 0.1) is 11.8 Å². The molecule has 1 aromatic heterocycles. The Hall–Kier alpha value is -4.18. The number of benzene rings is 2. The van der Waals surface area contributed by atoms with Gasteiger partial charge in [-0.05, 0) is 48.3 Å². The lowest BCUT2D eigenvalue weighted by molar-refractivity contribution is -0.142. The van der Waals surface area contributed by atoms with Crippen molar-refractivity contribution in [3.63, 3.8) is 0 Å². The Bertz CT molecular complexity index is 1350. The second-order valence-corrected chi connectivity index (χ2v) is 11.6. The number of aromatic amines is 1. The zero-order valence-corrected chi connectivity index (χ0v) is 24.7. The summed E-state index contributed by atoms with van der Waals surface area (Å²) in [6, 6.07) is 12.9. The quantitative estimate of drug-likeness (QED) is 0.162. The second-order valence-electron chi connectivity index (χ2n) is 11.6. The van der Waals surface area contributed by atoms with Crippen molar-refractivity contribution in [3.05, 3.63) is 71.9 Å². The van der Waals surface area contributed by atoms with Crippen molar-refractivity contribution < 1.29 is 24.3 Å². The summed E-state index contributed by atoms with van der Waals surface area (Å²) >= 11 is 0. The number of amides is 3. The van der Waals surface area contributed by atoms with E-state index in [0.717, 1.165) is 22.0 Å². The van der Waals surface area contributed by atoms with Gasteiger partial charge in [0, 0.05) is 23.5 Å². The van der Waals surface area contributed by atoms with Gasteiger partial charge in [0.2, 0.25) is 17.7 Å². The van der Waals surface area contributed by atoms with E-state index in [1.807, 2.05) is 82.3 Å². The standard InChI is InChI=1S/C32H43N5O5/c1-19(2)14-26(35-29(38)24(33)16-21-10-6-5-7-11-21)30(39)36-27(31(40)37-28(32(41)42)15-20(3)4)17-22-18-34-25-13-9-8-12-23(22)25/h5-13,18-20,24,26-28,34H,14-17,33H2,1-4H3,(H,35,38)(H,36,39)(H,37,40)(H,41,42). The Kier molecular flexibility index (Phi) is 11.7. The zero-order chi connectivity index (χ0) is 30.8. The van der Waals surface area contributed by atoms with Gasteiger partial charge in [-0.15, -0.1) is 0 Å². The van der Waals surface area contributed by atoms with Crippen LogP contribution in [-0.2, 0) is 32.0 Å². The van der Waals surface area contributed by atoms with Gasteiger partial charge in [0.15, 0.2) is 0 Å². The van der Waals surface area contributed by atoms with Crippen LogP contribution >= 0.6 is 0 Å². The second kappa shape index (κ2) is 15.2. The summed E-state index contributed by atoms with van der Waals surface area (Å²) < 4.78 is 0. The Balaban J connectivity index is 1.82. The number of nitrogens with one attached hydrogen (secondary N) is 4. The number of aromatic nitrogens is 1. The van der Waals surface area contributed by atoms with Crippen LogP contribution in [0.5, 0.6) is 0 Å². The van der Waals surface area contributed by atoms with E-state index >= 15 is 0 Å². The number of aliphatic carboxylic acids is 1. The molecular weight excluding hydrogens is 534 g/mol. The predicted molar refractivity (Wildman–Crippen MR) is 162 cm³/mol. The number of carbonyl (C=O) groups is 4. The molecule has 226 valence electrons. The summed E-state index contributed by atoms with van der Waals surface area (Å²) in [4.78, 5) is 55.2. The third kappa shape index (κ3) is 9.44. The summed E-state index contributed by atoms with van der Waals surface area (Å²) in [7, 11) is 0. The van der Waals surface area contributed by atoms with Crippen LogP contribution in [0.3, 0.4) is 0 Å². The van der Waals surface area contributed by atoms with E-state index in [1.54, 1.807) is 6.20 Å². The number of fused-ring (bicyclic) bond motifs is 1. The van der Waals surface area contributed by atoms with E-state index in [4.69, 9.17) is 5.73 Å². The molecule has 3 amide bonds. The van der Waals surface area contributed by atoms with E-state index in [0.29, 0.717) is 12.8 Å². The number of H-pyrrole nitrogens is 1. The van der Waals surface area contributed by atoms with E-state index < -0.39 is 47.9 Å². The number of carboxylic acid groups (broad SMARTS) is 1. The van der Waals surface area contributed by atoms with Gasteiger partial charge in [-0.1, -0.05) is 76.2 Å². The molecule has 0 aliphatic heterocycles. The van der Waals surface area contributed by atoms with Crippen LogP contribution in [-0.4, -0.2) is 57.9 Å². The summed E-state index contributed by atoms with van der Waals surface area (Å²) in [6.07, 6.45) is 2.75. The highest BCUT2D eigenvalue weighted by atomic mass is 16.4. The fourth-order valence-electron chi connectivity index (χ4n) is 4.91. The first-order valence-electron chi connectivity index (χ1n) is 14.4. The molecule has 3 rings (SSSR count). The van der Waals surface area contributed by atoms with Crippen molar-refractivity contribution in [2.24, 2.45) is 17.6 Å². The normalized spacial score (nSPS) is 14.3. The van der Waals surface area contributed by atoms with Crippen molar-refractivity contribution in [2.45, 2.75) is 77.5 Å². The zero-order valence-electron chi connectivity index (χ0n) is 24.7. The number of nitrogens with two attached hydrogens (primary N) is 1. The van der Waals surface area contributed by atoms with Crippen molar-refractivity contribution >= 4 is 34.6 Å². The Morgan fingerprint density at radius 2 is 1.29 bits per heavy atom. The molecule has 10 nitrogen and oxygen atoms in total. The summed E-state index contributed by atoms with van der Waals surface area (Å²) in [5, 5.41) is 18.8. The number of carbonyl (C=O) groups excluding carboxylic acids is 3. The minimum atomic E-state index is -1.15. The molecule has 0 bridgehead atoms. The highest BCUT2D eigenvalue weighted by Crippen LogP contribution is 2.20. The first kappa shape index (κ1) is 32.3. The van der Waals surface area contributed by atoms with Gasteiger partial charge < -0.3 is 31.8 Å². The van der Waals surface area contributed by atoms with Gasteiger partial charge in [-0.2, -0.15) is 0 Å². The molecule has 0 fully saturated rings. The molecule has 0 saturated heterocycles. The number of para-hydroxylation sites is 1. The van der Waals surface area contributed by atoms with Crippen LogP contribution in [0.2, 0.25) is 0 Å². The van der Waals surface area contributed by atoms with Crippen LogP contribution in [0.25, 0.3) is 10.9 Å². The summed E-state index contributed by atoms with van der Waals surface area (Å²) in [6.45, 7) is 7.59. The molecule has 0 spiro atoms. The first-order chi connectivity index (χ1) is 19.9. The Morgan fingerprint density at radius 3 is 1.93 bits per heavy atom. The Morgan fingerprint density at radius 1 is 0.738 bits per heavy atom. The Labute approximate surface area is 246 Å². The number of hydrogen-bond donors (Lipinski definition) is 6. The maximum atomic E-state index is 13.6. The lowest BCUT2D eigenvalue weighted by Gasteiger charge is -2.26. The van der Waals surface area contributed by atoms with Gasteiger partial charge >= 0.3 is 5.97 Å². The lowest BCUT2D eigenvalue weighted by atomic mass is 9.99. The fourth-order valence-corrected chi connectivity index (χ4v) is 4.91. The van der Waals surface area contributed by atoms with E-state index in [-0.39, 0.29) is 24.7 Å². The molecule has 0 saturated carbocycles. The number of rotatable bonds is 15. The van der Waals surface area contributed by atoms with Gasteiger partial charge in [-0.3, -0.25) is 14.4 Å². The minimum absolute atomic E-state index is 0.0267. The molecule has 42 heavy (non-hydrogen) atoms. The van der Waals surface area contributed by atoms with Crippen molar-refractivity contribution in [1.29, 1.82) is 0 Å². The number of hydrogen-bond acceptors (Lipinski definition) is 5. The van der Waals surface area contributed by atoms with E-state index in [1.165, 1.54) is 0 Å². The molecule has 0 radical (unpaired) electrons. The van der Waals surface area contributed by atoms with Crippen molar-refractivity contribution in [1.82, 2.24) is 20.9 Å². The molecule has 4 atom stereocenters. The molecule has 3 aromatic rings. The molecule has 10 heteroatoms. The highest BCUT2D eigenvalue weighted by Gasteiger charge is 2.31. The summed E-state index contributed by atoms with van der Waals surface area (Å²) in [5.41, 5.74) is 8.74. The lowest BCUT2D eigenvalue weighted by Crippen LogP contribution is -2.58. The van der Waals surface area contributed by atoms with Gasteiger partial charge in [0.1, 0.15) is 18.1 Å². The van der Waals surface area contributed by atoms with E-state index in [2.05, 4.69) is 20.9 Å². The first-order valence-corrected chi connectivity index (χ1v) is 14.4. The van der Waals surface area contributed by atoms with Crippen LogP contribution < -0.4 is 21.7 Å². The molecule has 4 unspecified atom stereocenters. The minimum Gasteiger partial charge on any atom is -0.480 e.